The molecular weight excluding hydrogens is 253 g/mol. The van der Waals surface area contributed by atoms with E-state index < -0.39 is 0 Å². The van der Waals surface area contributed by atoms with E-state index in [1.807, 2.05) is 6.92 Å². The van der Waals surface area contributed by atoms with Gasteiger partial charge in [0.2, 0.25) is 0 Å². The molecule has 3 nitrogen and oxygen atoms in total. The molecule has 0 atom stereocenters. The fourth-order valence-corrected chi connectivity index (χ4v) is 2.50. The molecule has 0 amide bonds. The highest BCUT2D eigenvalue weighted by molar-refractivity contribution is 5.73. The van der Waals surface area contributed by atoms with Crippen molar-refractivity contribution in [3.8, 4) is 11.3 Å². The number of hydrogen-bond acceptors (Lipinski definition) is 2. The minimum absolute atomic E-state index is 0.239. The van der Waals surface area contributed by atoms with E-state index in [0.717, 1.165) is 22.6 Å². The Kier molecular flexibility index (Phi) is 3.84. The van der Waals surface area contributed by atoms with Gasteiger partial charge in [0.05, 0.1) is 0 Å². The van der Waals surface area contributed by atoms with Crippen molar-refractivity contribution in [2.24, 2.45) is 0 Å². The number of benzene rings is 1. The van der Waals surface area contributed by atoms with Crippen LogP contribution in [0.25, 0.3) is 11.3 Å². The third-order valence-corrected chi connectivity index (χ3v) is 3.45. The zero-order chi connectivity index (χ0) is 15.0. The van der Waals surface area contributed by atoms with Crippen molar-refractivity contribution in [3.05, 3.63) is 35.4 Å². The van der Waals surface area contributed by atoms with E-state index >= 15 is 0 Å². The van der Waals surface area contributed by atoms with Gasteiger partial charge in [-0.3, -0.25) is 0 Å². The molecule has 0 spiro atoms. The smallest absolute Gasteiger partial charge is 0.131 e. The summed E-state index contributed by atoms with van der Waals surface area (Å²) in [6.07, 6.45) is 0. The second-order valence-electron chi connectivity index (χ2n) is 5.78. The van der Waals surface area contributed by atoms with Crippen LogP contribution < -0.4 is 5.73 Å². The first-order chi connectivity index (χ1) is 9.32. The second kappa shape index (κ2) is 5.27. The Morgan fingerprint density at radius 3 is 2.30 bits per heavy atom. The first kappa shape index (κ1) is 14.6. The summed E-state index contributed by atoms with van der Waals surface area (Å²) in [5, 5.41) is 0. The Balaban J connectivity index is 2.66. The monoisotopic (exact) mass is 275 g/mol. The van der Waals surface area contributed by atoms with Crippen LogP contribution in [0.3, 0.4) is 0 Å². The molecule has 2 aromatic rings. The van der Waals surface area contributed by atoms with E-state index in [-0.39, 0.29) is 17.8 Å². The van der Waals surface area contributed by atoms with Crippen molar-refractivity contribution in [1.82, 2.24) is 9.55 Å². The van der Waals surface area contributed by atoms with Crippen LogP contribution in [0.2, 0.25) is 0 Å². The van der Waals surface area contributed by atoms with E-state index in [0.29, 0.717) is 5.82 Å². The van der Waals surface area contributed by atoms with Crippen LogP contribution in [-0.4, -0.2) is 9.55 Å². The average Bonchev–Trinajstić information content (AvgIpc) is 2.67. The lowest BCUT2D eigenvalue weighted by molar-refractivity contribution is 0.556. The van der Waals surface area contributed by atoms with Gasteiger partial charge in [0.1, 0.15) is 23.2 Å². The van der Waals surface area contributed by atoms with Crippen molar-refractivity contribution >= 4 is 5.82 Å². The number of anilines is 1. The lowest BCUT2D eigenvalue weighted by atomic mass is 10.1. The van der Waals surface area contributed by atoms with Crippen LogP contribution in [-0.2, 0) is 0 Å². The molecule has 2 N–H and O–H groups in total. The summed E-state index contributed by atoms with van der Waals surface area (Å²) >= 11 is 0. The Morgan fingerprint density at radius 1 is 1.20 bits per heavy atom. The fraction of sp³-hybridized carbons (Fsp3) is 0.438. The van der Waals surface area contributed by atoms with Crippen LogP contribution in [0.15, 0.2) is 18.2 Å². The van der Waals surface area contributed by atoms with Gasteiger partial charge in [-0.1, -0.05) is 13.8 Å². The zero-order valence-electron chi connectivity index (χ0n) is 12.7. The molecule has 0 unspecified atom stereocenters. The lowest BCUT2D eigenvalue weighted by Gasteiger charge is -2.15. The van der Waals surface area contributed by atoms with E-state index in [1.54, 1.807) is 6.07 Å². The topological polar surface area (TPSA) is 43.8 Å². The molecule has 0 saturated heterocycles. The first-order valence-electron chi connectivity index (χ1n) is 6.97. The van der Waals surface area contributed by atoms with Crippen LogP contribution in [0.1, 0.15) is 51.0 Å². The average molecular weight is 275 g/mol. The van der Waals surface area contributed by atoms with Crippen molar-refractivity contribution in [2.45, 2.75) is 46.6 Å². The highest BCUT2D eigenvalue weighted by atomic mass is 19.1. The predicted molar refractivity (Wildman–Crippen MR) is 81.2 cm³/mol. The molecule has 108 valence electrons. The van der Waals surface area contributed by atoms with Gasteiger partial charge in [0, 0.05) is 17.5 Å². The van der Waals surface area contributed by atoms with Crippen molar-refractivity contribution in [1.29, 1.82) is 0 Å². The molecule has 1 aromatic carbocycles. The molecule has 0 aliphatic carbocycles. The molecule has 0 aliphatic heterocycles. The van der Waals surface area contributed by atoms with Gasteiger partial charge in [0.15, 0.2) is 0 Å². The number of nitrogens with two attached hydrogens (primary N) is 1. The van der Waals surface area contributed by atoms with Gasteiger partial charge in [-0.2, -0.15) is 0 Å². The van der Waals surface area contributed by atoms with E-state index in [2.05, 4.69) is 32.3 Å². The quantitative estimate of drug-likeness (QED) is 0.908. The highest BCUT2D eigenvalue weighted by Crippen LogP contribution is 2.33. The molecule has 0 fully saturated rings. The lowest BCUT2D eigenvalue weighted by Crippen LogP contribution is -2.10. The number of imidazole rings is 1. The van der Waals surface area contributed by atoms with E-state index in [1.165, 1.54) is 12.1 Å². The maximum Gasteiger partial charge on any atom is 0.131 e. The van der Waals surface area contributed by atoms with Crippen LogP contribution in [0, 0.1) is 12.7 Å². The van der Waals surface area contributed by atoms with Crippen LogP contribution in [0.5, 0.6) is 0 Å². The van der Waals surface area contributed by atoms with Crippen molar-refractivity contribution in [3.63, 3.8) is 0 Å². The van der Waals surface area contributed by atoms with E-state index in [9.17, 15) is 4.39 Å². The Labute approximate surface area is 119 Å². The molecule has 1 heterocycles. The molecule has 0 bridgehead atoms. The standard InChI is InChI=1S/C16H22FN3/c1-9(2)16-19-14(15(18)20(16)10(3)4)13-7-6-12(17)8-11(13)5/h6-10H,18H2,1-5H3. The first-order valence-corrected chi connectivity index (χ1v) is 6.97. The molecule has 0 radical (unpaired) electrons. The molecule has 1 aromatic heterocycles. The summed E-state index contributed by atoms with van der Waals surface area (Å²) in [6.45, 7) is 10.3. The normalized spacial score (nSPS) is 11.6. The van der Waals surface area contributed by atoms with Gasteiger partial charge in [-0.05, 0) is 44.5 Å². The molecule has 20 heavy (non-hydrogen) atoms. The highest BCUT2D eigenvalue weighted by Gasteiger charge is 2.20. The summed E-state index contributed by atoms with van der Waals surface area (Å²) in [4.78, 5) is 4.71. The summed E-state index contributed by atoms with van der Waals surface area (Å²) in [5.74, 6) is 1.67. The van der Waals surface area contributed by atoms with Crippen LogP contribution in [0.4, 0.5) is 10.2 Å². The Bertz CT molecular complexity index is 627. The Morgan fingerprint density at radius 2 is 1.85 bits per heavy atom. The van der Waals surface area contributed by atoms with Gasteiger partial charge in [-0.15, -0.1) is 0 Å². The number of halogens is 1. The largest absolute Gasteiger partial charge is 0.383 e. The number of aromatic nitrogens is 2. The molecule has 2 rings (SSSR count). The van der Waals surface area contributed by atoms with Gasteiger partial charge in [0.25, 0.3) is 0 Å². The number of hydrogen-bond donors (Lipinski definition) is 1. The van der Waals surface area contributed by atoms with Gasteiger partial charge in [-0.25, -0.2) is 9.37 Å². The fourth-order valence-electron chi connectivity index (χ4n) is 2.50. The maximum absolute atomic E-state index is 13.2. The minimum Gasteiger partial charge on any atom is -0.383 e. The number of nitrogen functional groups attached to an aromatic ring is 1. The number of nitrogens with zero attached hydrogens (tertiary/aromatic N) is 2. The van der Waals surface area contributed by atoms with Crippen molar-refractivity contribution < 1.29 is 4.39 Å². The number of rotatable bonds is 3. The summed E-state index contributed by atoms with van der Waals surface area (Å²) in [5.41, 5.74) is 8.78. The second-order valence-corrected chi connectivity index (χ2v) is 5.78. The third-order valence-electron chi connectivity index (χ3n) is 3.45. The third kappa shape index (κ3) is 2.42. The molecular formula is C16H22FN3. The molecule has 0 saturated carbocycles. The Hall–Kier alpha value is -1.84. The van der Waals surface area contributed by atoms with E-state index in [4.69, 9.17) is 10.7 Å². The predicted octanol–water partition coefficient (Wildman–Crippen LogP) is 4.28. The summed E-state index contributed by atoms with van der Waals surface area (Å²) < 4.78 is 15.3. The molecule has 4 heteroatoms. The summed E-state index contributed by atoms with van der Waals surface area (Å²) in [6, 6.07) is 4.95. The zero-order valence-corrected chi connectivity index (χ0v) is 12.7. The van der Waals surface area contributed by atoms with Gasteiger partial charge < -0.3 is 10.3 Å². The maximum atomic E-state index is 13.2. The van der Waals surface area contributed by atoms with Gasteiger partial charge >= 0.3 is 0 Å². The minimum atomic E-state index is -0.239. The number of aryl methyl sites for hydroxylation is 1. The molecule has 0 aliphatic rings. The van der Waals surface area contributed by atoms with Crippen molar-refractivity contribution in [2.75, 3.05) is 5.73 Å². The van der Waals surface area contributed by atoms with Crippen LogP contribution >= 0.6 is 0 Å². The SMILES string of the molecule is Cc1cc(F)ccc1-c1nc(C(C)C)n(C(C)C)c1N. The summed E-state index contributed by atoms with van der Waals surface area (Å²) in [7, 11) is 0.